The van der Waals surface area contributed by atoms with Crippen molar-refractivity contribution in [2.75, 3.05) is 20.3 Å². The summed E-state index contributed by atoms with van der Waals surface area (Å²) in [4.78, 5) is 37.8. The average Bonchev–Trinajstić information content (AvgIpc) is 3.07. The molecule has 2 heterocycles. The summed E-state index contributed by atoms with van der Waals surface area (Å²) < 4.78 is 13.8. The first-order chi connectivity index (χ1) is 15.6. The Kier molecular flexibility index (Phi) is 7.50. The number of methoxy groups -OCH3 is 1. The fourth-order valence-electron chi connectivity index (χ4n) is 3.86. The summed E-state index contributed by atoms with van der Waals surface area (Å²) in [6, 6.07) is 9.88. The normalized spacial score (nSPS) is 11.9. The van der Waals surface area contributed by atoms with Crippen LogP contribution in [0.2, 0.25) is 5.02 Å². The fraction of sp³-hybridized carbons (Fsp3) is 0.333. The van der Waals surface area contributed by atoms with E-state index in [-0.39, 0.29) is 11.8 Å². The lowest BCUT2D eigenvalue weighted by atomic mass is 10.1. The molecule has 0 radical (unpaired) electrons. The van der Waals surface area contributed by atoms with Crippen LogP contribution < -0.4 is 5.43 Å². The van der Waals surface area contributed by atoms with E-state index in [1.807, 2.05) is 25.3 Å². The van der Waals surface area contributed by atoms with Gasteiger partial charge in [0, 0.05) is 40.8 Å². The molecule has 0 amide bonds. The topological polar surface area (TPSA) is 92.4 Å². The number of carbonyl (C=O) groups is 2. The third kappa shape index (κ3) is 5.23. The summed E-state index contributed by atoms with van der Waals surface area (Å²) in [5.41, 5.74) is 2.30. The first-order valence-electron chi connectivity index (χ1n) is 10.4. The molecule has 3 rings (SSSR count). The van der Waals surface area contributed by atoms with Crippen molar-refractivity contribution >= 4 is 23.4 Å². The Morgan fingerprint density at radius 1 is 1.09 bits per heavy atom. The van der Waals surface area contributed by atoms with Crippen molar-refractivity contribution in [2.24, 2.45) is 0 Å². The molecule has 0 spiro atoms. The highest BCUT2D eigenvalue weighted by atomic mass is 35.5. The molecular formula is C24H26ClN3O5. The van der Waals surface area contributed by atoms with Crippen LogP contribution in [-0.2, 0) is 9.47 Å². The van der Waals surface area contributed by atoms with Crippen LogP contribution in [0.1, 0.15) is 50.9 Å². The van der Waals surface area contributed by atoms with Gasteiger partial charge >= 0.3 is 5.97 Å². The first-order valence-corrected chi connectivity index (χ1v) is 10.8. The number of ketones is 1. The lowest BCUT2D eigenvalue weighted by Gasteiger charge is -2.17. The highest BCUT2D eigenvalue weighted by molar-refractivity contribution is 6.30. The van der Waals surface area contributed by atoms with Crippen LogP contribution in [0.4, 0.5) is 0 Å². The Labute approximate surface area is 196 Å². The summed E-state index contributed by atoms with van der Waals surface area (Å²) in [5.74, 6) is -1.32. The van der Waals surface area contributed by atoms with Gasteiger partial charge in [0.05, 0.1) is 18.3 Å². The molecule has 2 aromatic heterocycles. The predicted molar refractivity (Wildman–Crippen MR) is 125 cm³/mol. The van der Waals surface area contributed by atoms with Gasteiger partial charge in [0.25, 0.3) is 0 Å². The molecule has 1 atom stereocenters. The van der Waals surface area contributed by atoms with E-state index in [0.717, 1.165) is 11.4 Å². The predicted octanol–water partition coefficient (Wildman–Crippen LogP) is 3.86. The first kappa shape index (κ1) is 24.4. The summed E-state index contributed by atoms with van der Waals surface area (Å²) in [6.07, 6.45) is 0. The van der Waals surface area contributed by atoms with Crippen LogP contribution in [0.25, 0.3) is 5.69 Å². The van der Waals surface area contributed by atoms with Crippen LogP contribution in [0.15, 0.2) is 41.2 Å². The number of carbonyl (C=O) groups excluding carboxylic acids is 2. The van der Waals surface area contributed by atoms with E-state index < -0.39 is 23.7 Å². The molecule has 0 saturated heterocycles. The molecule has 0 fully saturated rings. The summed E-state index contributed by atoms with van der Waals surface area (Å²) in [5, 5.41) is 4.71. The van der Waals surface area contributed by atoms with Crippen molar-refractivity contribution in [1.82, 2.24) is 14.3 Å². The standard InChI is InChI=1S/C24H26ClN3O5/c1-14-10-20(17(4)27(14)16(3)12-32-5)22(30)13-33-24(31)23-21(29)11-15(2)28(26-23)19-8-6-18(25)7-9-19/h6-11,16H,12-13H2,1-5H3. The number of benzene rings is 1. The number of halogens is 1. The Morgan fingerprint density at radius 3 is 2.39 bits per heavy atom. The van der Waals surface area contributed by atoms with Crippen LogP contribution in [0.5, 0.6) is 0 Å². The van der Waals surface area contributed by atoms with Crippen molar-refractivity contribution in [3.8, 4) is 5.69 Å². The van der Waals surface area contributed by atoms with E-state index in [9.17, 15) is 14.4 Å². The molecule has 0 N–H and O–H groups in total. The monoisotopic (exact) mass is 471 g/mol. The molecule has 0 bridgehead atoms. The molecule has 1 aromatic carbocycles. The van der Waals surface area contributed by atoms with E-state index >= 15 is 0 Å². The van der Waals surface area contributed by atoms with Gasteiger partial charge in [-0.2, -0.15) is 5.10 Å². The summed E-state index contributed by atoms with van der Waals surface area (Å²) in [7, 11) is 1.62. The largest absolute Gasteiger partial charge is 0.452 e. The number of Topliss-reactive ketones (excluding diaryl/α,β-unsaturated/α-hetero) is 1. The van der Waals surface area contributed by atoms with Crippen LogP contribution in [0, 0.1) is 20.8 Å². The van der Waals surface area contributed by atoms with Gasteiger partial charge in [-0.05, 0) is 58.0 Å². The van der Waals surface area contributed by atoms with Gasteiger partial charge in [0.1, 0.15) is 0 Å². The molecule has 1 unspecified atom stereocenters. The highest BCUT2D eigenvalue weighted by Gasteiger charge is 2.22. The van der Waals surface area contributed by atoms with Crippen molar-refractivity contribution in [2.45, 2.75) is 33.7 Å². The maximum Gasteiger partial charge on any atom is 0.363 e. The van der Waals surface area contributed by atoms with E-state index in [1.54, 1.807) is 44.4 Å². The second kappa shape index (κ2) is 10.1. The van der Waals surface area contributed by atoms with Crippen LogP contribution in [-0.4, -0.2) is 46.4 Å². The van der Waals surface area contributed by atoms with Crippen molar-refractivity contribution in [3.63, 3.8) is 0 Å². The van der Waals surface area contributed by atoms with Crippen LogP contribution >= 0.6 is 11.6 Å². The molecule has 33 heavy (non-hydrogen) atoms. The number of ether oxygens (including phenoxy) is 2. The molecule has 9 heteroatoms. The number of aromatic nitrogens is 3. The zero-order valence-corrected chi connectivity index (χ0v) is 20.0. The van der Waals surface area contributed by atoms with Gasteiger partial charge < -0.3 is 14.0 Å². The van der Waals surface area contributed by atoms with Gasteiger partial charge in [-0.1, -0.05) is 11.6 Å². The third-order valence-corrected chi connectivity index (χ3v) is 5.59. The van der Waals surface area contributed by atoms with E-state index in [4.69, 9.17) is 21.1 Å². The number of hydrogen-bond donors (Lipinski definition) is 0. The van der Waals surface area contributed by atoms with Gasteiger partial charge in [-0.3, -0.25) is 9.59 Å². The maximum atomic E-state index is 12.8. The molecule has 8 nitrogen and oxygen atoms in total. The maximum absolute atomic E-state index is 12.8. The molecule has 0 aliphatic heterocycles. The second-order valence-corrected chi connectivity index (χ2v) is 8.28. The fourth-order valence-corrected chi connectivity index (χ4v) is 3.99. The van der Waals surface area contributed by atoms with E-state index in [0.29, 0.717) is 28.6 Å². The van der Waals surface area contributed by atoms with Gasteiger partial charge in [-0.15, -0.1) is 0 Å². The number of rotatable bonds is 8. The minimum Gasteiger partial charge on any atom is -0.452 e. The van der Waals surface area contributed by atoms with Crippen LogP contribution in [0.3, 0.4) is 0 Å². The Balaban J connectivity index is 1.79. The van der Waals surface area contributed by atoms with E-state index in [2.05, 4.69) is 5.10 Å². The number of hydrogen-bond acceptors (Lipinski definition) is 6. The SMILES string of the molecule is COCC(C)n1c(C)cc(C(=O)COC(=O)c2nn(-c3ccc(Cl)cc3)c(C)cc2=O)c1C. The molecule has 0 aliphatic rings. The smallest absolute Gasteiger partial charge is 0.363 e. The summed E-state index contributed by atoms with van der Waals surface area (Å²) >= 11 is 5.93. The zero-order chi connectivity index (χ0) is 24.3. The highest BCUT2D eigenvalue weighted by Crippen LogP contribution is 2.21. The second-order valence-electron chi connectivity index (χ2n) is 7.85. The lowest BCUT2D eigenvalue weighted by molar-refractivity contribution is 0.0465. The van der Waals surface area contributed by atoms with Crippen molar-refractivity contribution < 1.29 is 19.1 Å². The average molecular weight is 472 g/mol. The number of esters is 1. The van der Waals surface area contributed by atoms with E-state index in [1.165, 1.54) is 10.7 Å². The van der Waals surface area contributed by atoms with Gasteiger partial charge in [0.15, 0.2) is 6.61 Å². The quantitative estimate of drug-likeness (QED) is 0.366. The zero-order valence-electron chi connectivity index (χ0n) is 19.2. The Hall–Kier alpha value is -3.23. The van der Waals surface area contributed by atoms with Gasteiger partial charge in [-0.25, -0.2) is 9.48 Å². The third-order valence-electron chi connectivity index (χ3n) is 5.34. The molecule has 174 valence electrons. The number of aryl methyl sites for hydroxylation is 2. The van der Waals surface area contributed by atoms with Gasteiger partial charge in [0.2, 0.25) is 16.9 Å². The minimum atomic E-state index is -0.961. The minimum absolute atomic E-state index is 0.0437. The van der Waals surface area contributed by atoms with Crippen molar-refractivity contribution in [3.05, 3.63) is 80.0 Å². The molecule has 3 aromatic rings. The molecular weight excluding hydrogens is 446 g/mol. The summed E-state index contributed by atoms with van der Waals surface area (Å²) in [6.45, 7) is 7.42. The number of nitrogens with zero attached hydrogens (tertiary/aromatic N) is 3. The Morgan fingerprint density at radius 2 is 1.76 bits per heavy atom. The molecule has 0 saturated carbocycles. The lowest BCUT2D eigenvalue weighted by Crippen LogP contribution is -2.25. The Bertz CT molecular complexity index is 1240. The van der Waals surface area contributed by atoms with Crippen molar-refractivity contribution in [1.29, 1.82) is 0 Å². The molecule has 0 aliphatic carbocycles.